The maximum atomic E-state index is 12.2. The second kappa shape index (κ2) is 6.62. The summed E-state index contributed by atoms with van der Waals surface area (Å²) in [7, 11) is 0. The van der Waals surface area contributed by atoms with Crippen molar-refractivity contribution in [1.29, 1.82) is 0 Å². The smallest absolute Gasteiger partial charge is 0.265 e. The van der Waals surface area contributed by atoms with Crippen LogP contribution in [0, 0.1) is 13.8 Å². The lowest BCUT2D eigenvalue weighted by Crippen LogP contribution is -2.30. The van der Waals surface area contributed by atoms with Gasteiger partial charge in [0.2, 0.25) is 0 Å². The molecule has 0 radical (unpaired) electrons. The minimum atomic E-state index is -0.689. The van der Waals surface area contributed by atoms with Crippen LogP contribution in [0.25, 0.3) is 0 Å². The SMILES string of the molecule is Cc1sc(NC(=O)C(C)Oc2ccccc2)c(C(N)=O)c1C. The number of hydrogen-bond acceptors (Lipinski definition) is 4. The Bertz CT molecular complexity index is 695. The molecule has 0 aliphatic heterocycles. The Morgan fingerprint density at radius 1 is 1.23 bits per heavy atom. The van der Waals surface area contributed by atoms with Crippen LogP contribution in [-0.4, -0.2) is 17.9 Å². The fourth-order valence-electron chi connectivity index (χ4n) is 1.98. The Labute approximate surface area is 133 Å². The molecule has 2 amide bonds. The van der Waals surface area contributed by atoms with Gasteiger partial charge in [-0.1, -0.05) is 18.2 Å². The molecule has 22 heavy (non-hydrogen) atoms. The van der Waals surface area contributed by atoms with Crippen molar-refractivity contribution in [3.8, 4) is 5.75 Å². The van der Waals surface area contributed by atoms with E-state index in [0.29, 0.717) is 16.3 Å². The minimum Gasteiger partial charge on any atom is -0.481 e. The van der Waals surface area contributed by atoms with Gasteiger partial charge in [-0.2, -0.15) is 0 Å². The normalized spacial score (nSPS) is 11.8. The van der Waals surface area contributed by atoms with Crippen molar-refractivity contribution in [3.05, 3.63) is 46.3 Å². The third-order valence-corrected chi connectivity index (χ3v) is 4.42. The van der Waals surface area contributed by atoms with E-state index < -0.39 is 12.0 Å². The predicted octanol–water partition coefficient (Wildman–Crippen LogP) is 2.87. The van der Waals surface area contributed by atoms with Crippen LogP contribution in [0.15, 0.2) is 30.3 Å². The van der Waals surface area contributed by atoms with Gasteiger partial charge in [0, 0.05) is 4.88 Å². The van der Waals surface area contributed by atoms with E-state index in [-0.39, 0.29) is 5.91 Å². The van der Waals surface area contributed by atoms with E-state index in [0.717, 1.165) is 10.4 Å². The molecule has 5 nitrogen and oxygen atoms in total. The van der Waals surface area contributed by atoms with Gasteiger partial charge < -0.3 is 15.8 Å². The molecule has 1 heterocycles. The number of amides is 2. The van der Waals surface area contributed by atoms with Crippen molar-refractivity contribution in [2.24, 2.45) is 5.73 Å². The van der Waals surface area contributed by atoms with Gasteiger partial charge in [0.05, 0.1) is 5.56 Å². The average molecular weight is 318 g/mol. The number of benzene rings is 1. The van der Waals surface area contributed by atoms with Crippen LogP contribution in [-0.2, 0) is 4.79 Å². The molecule has 1 unspecified atom stereocenters. The zero-order chi connectivity index (χ0) is 16.3. The van der Waals surface area contributed by atoms with Crippen molar-refractivity contribution in [2.75, 3.05) is 5.32 Å². The second-order valence-electron chi connectivity index (χ2n) is 4.91. The molecule has 6 heteroatoms. The highest BCUT2D eigenvalue weighted by Crippen LogP contribution is 2.32. The molecule has 116 valence electrons. The van der Waals surface area contributed by atoms with Crippen LogP contribution in [0.2, 0.25) is 0 Å². The molecule has 2 aromatic rings. The number of nitrogens with two attached hydrogens (primary N) is 1. The molecule has 1 aromatic carbocycles. The molecule has 0 fully saturated rings. The first-order valence-corrected chi connectivity index (χ1v) is 7.64. The fourth-order valence-corrected chi connectivity index (χ4v) is 3.05. The van der Waals surface area contributed by atoms with Gasteiger partial charge in [-0.25, -0.2) is 0 Å². The van der Waals surface area contributed by atoms with Crippen molar-refractivity contribution < 1.29 is 14.3 Å². The summed E-state index contributed by atoms with van der Waals surface area (Å²) >= 11 is 1.33. The number of rotatable bonds is 5. The quantitative estimate of drug-likeness (QED) is 0.889. The molecular formula is C16H18N2O3S. The number of anilines is 1. The van der Waals surface area contributed by atoms with E-state index >= 15 is 0 Å². The number of aryl methyl sites for hydroxylation is 1. The molecule has 1 atom stereocenters. The molecule has 2 rings (SSSR count). The van der Waals surface area contributed by atoms with E-state index in [4.69, 9.17) is 10.5 Å². The molecule has 0 saturated heterocycles. The zero-order valence-corrected chi connectivity index (χ0v) is 13.5. The number of carbonyl (C=O) groups is 2. The third-order valence-electron chi connectivity index (χ3n) is 3.29. The highest BCUT2D eigenvalue weighted by Gasteiger charge is 2.22. The molecule has 1 aromatic heterocycles. The maximum absolute atomic E-state index is 12.2. The lowest BCUT2D eigenvalue weighted by molar-refractivity contribution is -0.122. The Hall–Kier alpha value is -2.34. The minimum absolute atomic E-state index is 0.326. The Morgan fingerprint density at radius 2 is 1.86 bits per heavy atom. The number of thiophene rings is 1. The van der Waals surface area contributed by atoms with Gasteiger partial charge in [0.1, 0.15) is 10.8 Å². The average Bonchev–Trinajstić information content (AvgIpc) is 2.74. The van der Waals surface area contributed by atoms with Gasteiger partial charge in [-0.3, -0.25) is 9.59 Å². The molecule has 0 saturated carbocycles. The van der Waals surface area contributed by atoms with Crippen LogP contribution in [0.3, 0.4) is 0 Å². The van der Waals surface area contributed by atoms with Crippen LogP contribution in [0.4, 0.5) is 5.00 Å². The lowest BCUT2D eigenvalue weighted by Gasteiger charge is -2.14. The summed E-state index contributed by atoms with van der Waals surface area (Å²) in [4.78, 5) is 24.7. The van der Waals surface area contributed by atoms with Gasteiger partial charge in [-0.05, 0) is 38.5 Å². The van der Waals surface area contributed by atoms with Crippen molar-refractivity contribution in [2.45, 2.75) is 26.9 Å². The lowest BCUT2D eigenvalue weighted by atomic mass is 10.1. The fraction of sp³-hybridized carbons (Fsp3) is 0.250. The van der Waals surface area contributed by atoms with E-state index in [1.54, 1.807) is 19.1 Å². The number of carbonyl (C=O) groups excluding carboxylic acids is 2. The van der Waals surface area contributed by atoms with Gasteiger partial charge in [0.25, 0.3) is 11.8 Å². The van der Waals surface area contributed by atoms with Gasteiger partial charge in [0.15, 0.2) is 6.10 Å². The molecule has 3 N–H and O–H groups in total. The zero-order valence-electron chi connectivity index (χ0n) is 12.7. The number of hydrogen-bond donors (Lipinski definition) is 2. The Balaban J connectivity index is 2.12. The van der Waals surface area contributed by atoms with Crippen LogP contribution >= 0.6 is 11.3 Å². The summed E-state index contributed by atoms with van der Waals surface area (Å²) in [5.74, 6) is -0.264. The third kappa shape index (κ3) is 3.46. The molecular weight excluding hydrogens is 300 g/mol. The van der Waals surface area contributed by atoms with Gasteiger partial charge in [-0.15, -0.1) is 11.3 Å². The van der Waals surface area contributed by atoms with E-state index in [9.17, 15) is 9.59 Å². The van der Waals surface area contributed by atoms with Crippen LogP contribution in [0.1, 0.15) is 27.7 Å². The topological polar surface area (TPSA) is 81.4 Å². The van der Waals surface area contributed by atoms with E-state index in [2.05, 4.69) is 5.32 Å². The Kier molecular flexibility index (Phi) is 4.82. The van der Waals surface area contributed by atoms with Crippen LogP contribution in [0.5, 0.6) is 5.75 Å². The number of para-hydroxylation sites is 1. The first kappa shape index (κ1) is 16.0. The highest BCUT2D eigenvalue weighted by molar-refractivity contribution is 7.16. The summed E-state index contributed by atoms with van der Waals surface area (Å²) in [5.41, 5.74) is 6.55. The van der Waals surface area contributed by atoms with Crippen molar-refractivity contribution >= 4 is 28.2 Å². The molecule has 0 spiro atoms. The standard InChI is InChI=1S/C16H18N2O3S/c1-9-11(3)22-16(13(9)14(17)19)18-15(20)10(2)21-12-7-5-4-6-8-12/h4-8,10H,1-3H3,(H2,17,19)(H,18,20). The molecule has 0 aliphatic rings. The number of nitrogens with one attached hydrogen (secondary N) is 1. The van der Waals surface area contributed by atoms with Crippen molar-refractivity contribution in [3.63, 3.8) is 0 Å². The van der Waals surface area contributed by atoms with E-state index in [1.807, 2.05) is 32.0 Å². The Morgan fingerprint density at radius 3 is 2.45 bits per heavy atom. The first-order chi connectivity index (χ1) is 10.4. The van der Waals surface area contributed by atoms with Gasteiger partial charge >= 0.3 is 0 Å². The summed E-state index contributed by atoms with van der Waals surface area (Å²) in [5, 5.41) is 3.20. The summed E-state index contributed by atoms with van der Waals surface area (Å²) < 4.78 is 5.56. The predicted molar refractivity (Wildman–Crippen MR) is 87.5 cm³/mol. The summed E-state index contributed by atoms with van der Waals surface area (Å²) in [6.45, 7) is 5.34. The number of ether oxygens (including phenoxy) is 1. The maximum Gasteiger partial charge on any atom is 0.265 e. The van der Waals surface area contributed by atoms with Crippen LogP contribution < -0.4 is 15.8 Å². The van der Waals surface area contributed by atoms with E-state index in [1.165, 1.54) is 11.3 Å². The molecule has 0 bridgehead atoms. The highest BCUT2D eigenvalue weighted by atomic mass is 32.1. The largest absolute Gasteiger partial charge is 0.481 e. The second-order valence-corrected chi connectivity index (χ2v) is 6.14. The monoisotopic (exact) mass is 318 g/mol. The van der Waals surface area contributed by atoms with Crippen molar-refractivity contribution in [1.82, 2.24) is 0 Å². The summed E-state index contributed by atoms with van der Waals surface area (Å²) in [6, 6.07) is 9.08. The first-order valence-electron chi connectivity index (χ1n) is 6.82. The number of primary amides is 1. The molecule has 0 aliphatic carbocycles. The summed E-state index contributed by atoms with van der Waals surface area (Å²) in [6.07, 6.45) is -0.689.